The van der Waals surface area contributed by atoms with Gasteiger partial charge in [-0.1, -0.05) is 13.3 Å². The lowest BCUT2D eigenvalue weighted by Gasteiger charge is -2.33. The van der Waals surface area contributed by atoms with Gasteiger partial charge in [0.25, 0.3) is 0 Å². The second-order valence-electron chi connectivity index (χ2n) is 5.16. The standard InChI is InChI=1S/C13H26N2O3/c1-9-5-4-6-11(14)12(9)13(16)15-7-10(18-3)8-17-2/h9-12H,4-8,14H2,1-3H3,(H,15,16). The van der Waals surface area contributed by atoms with Gasteiger partial charge in [-0.15, -0.1) is 0 Å². The van der Waals surface area contributed by atoms with Gasteiger partial charge in [0.15, 0.2) is 0 Å². The van der Waals surface area contributed by atoms with E-state index in [0.717, 1.165) is 19.3 Å². The number of amides is 1. The third-order valence-electron chi connectivity index (χ3n) is 3.76. The number of carbonyl (C=O) groups excluding carboxylic acids is 1. The van der Waals surface area contributed by atoms with E-state index >= 15 is 0 Å². The zero-order chi connectivity index (χ0) is 13.5. The van der Waals surface area contributed by atoms with Gasteiger partial charge in [-0.2, -0.15) is 0 Å². The summed E-state index contributed by atoms with van der Waals surface area (Å²) in [6.45, 7) is 3.05. The zero-order valence-corrected chi connectivity index (χ0v) is 11.6. The molecule has 4 atom stereocenters. The van der Waals surface area contributed by atoms with E-state index in [0.29, 0.717) is 19.1 Å². The Morgan fingerprint density at radius 2 is 2.17 bits per heavy atom. The van der Waals surface area contributed by atoms with Crippen LogP contribution in [0.25, 0.3) is 0 Å². The highest BCUT2D eigenvalue weighted by atomic mass is 16.5. The first-order valence-corrected chi connectivity index (χ1v) is 6.65. The lowest BCUT2D eigenvalue weighted by molar-refractivity contribution is -0.128. The molecule has 1 rings (SSSR count). The van der Waals surface area contributed by atoms with Gasteiger partial charge in [-0.05, 0) is 18.8 Å². The average Bonchev–Trinajstić information content (AvgIpc) is 2.34. The summed E-state index contributed by atoms with van der Waals surface area (Å²) in [5.41, 5.74) is 6.05. The van der Waals surface area contributed by atoms with Gasteiger partial charge in [0.1, 0.15) is 0 Å². The number of rotatable bonds is 6. The van der Waals surface area contributed by atoms with E-state index in [2.05, 4.69) is 12.2 Å². The molecule has 0 aliphatic heterocycles. The molecule has 1 fully saturated rings. The maximum Gasteiger partial charge on any atom is 0.225 e. The molecule has 5 heteroatoms. The molecule has 0 aromatic heterocycles. The molecular formula is C13H26N2O3. The predicted molar refractivity (Wildman–Crippen MR) is 70.2 cm³/mol. The molecule has 0 heterocycles. The van der Waals surface area contributed by atoms with Crippen LogP contribution in [0.2, 0.25) is 0 Å². The molecule has 5 nitrogen and oxygen atoms in total. The summed E-state index contributed by atoms with van der Waals surface area (Å²) < 4.78 is 10.2. The Hall–Kier alpha value is -0.650. The normalized spacial score (nSPS) is 29.9. The quantitative estimate of drug-likeness (QED) is 0.729. The summed E-state index contributed by atoms with van der Waals surface area (Å²) in [4.78, 5) is 12.2. The van der Waals surface area contributed by atoms with Gasteiger partial charge in [0.05, 0.1) is 18.6 Å². The fourth-order valence-electron chi connectivity index (χ4n) is 2.64. The molecule has 1 amide bonds. The van der Waals surface area contributed by atoms with Crippen molar-refractivity contribution in [3.8, 4) is 0 Å². The minimum Gasteiger partial charge on any atom is -0.382 e. The largest absolute Gasteiger partial charge is 0.382 e. The number of hydrogen-bond donors (Lipinski definition) is 2. The highest BCUT2D eigenvalue weighted by Crippen LogP contribution is 2.28. The van der Waals surface area contributed by atoms with Gasteiger partial charge in [-0.3, -0.25) is 4.79 Å². The van der Waals surface area contributed by atoms with Crippen LogP contribution in [-0.2, 0) is 14.3 Å². The fraction of sp³-hybridized carbons (Fsp3) is 0.923. The Morgan fingerprint density at radius 3 is 2.72 bits per heavy atom. The molecule has 0 bridgehead atoms. The number of ether oxygens (including phenoxy) is 2. The summed E-state index contributed by atoms with van der Waals surface area (Å²) in [5.74, 6) is 0.337. The monoisotopic (exact) mass is 258 g/mol. The minimum atomic E-state index is -0.103. The van der Waals surface area contributed by atoms with Crippen molar-refractivity contribution >= 4 is 5.91 Å². The van der Waals surface area contributed by atoms with Crippen molar-refractivity contribution in [2.75, 3.05) is 27.4 Å². The van der Waals surface area contributed by atoms with Gasteiger partial charge < -0.3 is 20.5 Å². The maximum atomic E-state index is 12.2. The fourth-order valence-corrected chi connectivity index (χ4v) is 2.64. The summed E-state index contributed by atoms with van der Waals surface area (Å²) in [6, 6.07) is -0.0165. The Balaban J connectivity index is 2.43. The van der Waals surface area contributed by atoms with Crippen LogP contribution in [0.1, 0.15) is 26.2 Å². The van der Waals surface area contributed by atoms with E-state index < -0.39 is 0 Å². The maximum absolute atomic E-state index is 12.2. The molecular weight excluding hydrogens is 232 g/mol. The van der Waals surface area contributed by atoms with E-state index in [1.54, 1.807) is 14.2 Å². The van der Waals surface area contributed by atoms with Crippen molar-refractivity contribution < 1.29 is 14.3 Å². The first kappa shape index (κ1) is 15.4. The Labute approximate surface area is 109 Å². The highest BCUT2D eigenvalue weighted by molar-refractivity contribution is 5.79. The Bertz CT molecular complexity index is 251. The van der Waals surface area contributed by atoms with E-state index in [9.17, 15) is 4.79 Å². The van der Waals surface area contributed by atoms with Crippen LogP contribution < -0.4 is 11.1 Å². The summed E-state index contributed by atoms with van der Waals surface area (Å²) in [5, 5.41) is 2.93. The topological polar surface area (TPSA) is 73.6 Å². The molecule has 0 spiro atoms. The molecule has 0 aromatic carbocycles. The van der Waals surface area contributed by atoms with E-state index in [1.807, 2.05) is 0 Å². The molecule has 4 unspecified atom stereocenters. The molecule has 1 aliphatic carbocycles. The third kappa shape index (κ3) is 4.23. The first-order valence-electron chi connectivity index (χ1n) is 6.65. The molecule has 0 saturated heterocycles. The van der Waals surface area contributed by atoms with E-state index in [1.165, 1.54) is 0 Å². The number of methoxy groups -OCH3 is 2. The van der Waals surface area contributed by atoms with Crippen LogP contribution in [0.5, 0.6) is 0 Å². The summed E-state index contributed by atoms with van der Waals surface area (Å²) >= 11 is 0. The number of hydrogen-bond acceptors (Lipinski definition) is 4. The van der Waals surface area contributed by atoms with Gasteiger partial charge in [-0.25, -0.2) is 0 Å². The average molecular weight is 258 g/mol. The molecule has 1 aliphatic rings. The molecule has 3 N–H and O–H groups in total. The highest BCUT2D eigenvalue weighted by Gasteiger charge is 2.33. The molecule has 0 aromatic rings. The van der Waals surface area contributed by atoms with Crippen LogP contribution in [-0.4, -0.2) is 45.4 Å². The molecule has 1 saturated carbocycles. The van der Waals surface area contributed by atoms with Gasteiger partial charge in [0.2, 0.25) is 5.91 Å². The second kappa shape index (κ2) is 7.71. The van der Waals surface area contributed by atoms with Crippen molar-refractivity contribution in [1.29, 1.82) is 0 Å². The van der Waals surface area contributed by atoms with Crippen LogP contribution in [0.15, 0.2) is 0 Å². The zero-order valence-electron chi connectivity index (χ0n) is 11.6. The number of nitrogens with two attached hydrogens (primary N) is 1. The lowest BCUT2D eigenvalue weighted by atomic mass is 9.76. The van der Waals surface area contributed by atoms with Crippen LogP contribution in [0, 0.1) is 11.8 Å². The predicted octanol–water partition coefficient (Wildman–Crippen LogP) is 0.528. The van der Waals surface area contributed by atoms with Crippen molar-refractivity contribution in [3.63, 3.8) is 0 Å². The minimum absolute atomic E-state index is 0.0165. The SMILES string of the molecule is COCC(CNC(=O)C1C(C)CCCC1N)OC. The number of carbonyl (C=O) groups is 1. The number of nitrogens with one attached hydrogen (secondary N) is 1. The summed E-state index contributed by atoms with van der Waals surface area (Å²) in [7, 11) is 3.23. The van der Waals surface area contributed by atoms with Crippen LogP contribution in [0.3, 0.4) is 0 Å². The van der Waals surface area contributed by atoms with Crippen LogP contribution in [0.4, 0.5) is 0 Å². The Kier molecular flexibility index (Phi) is 6.60. The van der Waals surface area contributed by atoms with Crippen molar-refractivity contribution in [2.45, 2.75) is 38.3 Å². The van der Waals surface area contributed by atoms with Gasteiger partial charge in [0, 0.05) is 26.8 Å². The van der Waals surface area contributed by atoms with E-state index in [4.69, 9.17) is 15.2 Å². The molecule has 106 valence electrons. The van der Waals surface area contributed by atoms with Gasteiger partial charge >= 0.3 is 0 Å². The van der Waals surface area contributed by atoms with Crippen molar-refractivity contribution in [1.82, 2.24) is 5.32 Å². The summed E-state index contributed by atoms with van der Waals surface area (Å²) in [6.07, 6.45) is 3.04. The van der Waals surface area contributed by atoms with E-state index in [-0.39, 0.29) is 24.0 Å². The van der Waals surface area contributed by atoms with Crippen molar-refractivity contribution in [2.24, 2.45) is 17.6 Å². The third-order valence-corrected chi connectivity index (χ3v) is 3.76. The smallest absolute Gasteiger partial charge is 0.225 e. The van der Waals surface area contributed by atoms with Crippen molar-refractivity contribution in [3.05, 3.63) is 0 Å². The lowest BCUT2D eigenvalue weighted by Crippen LogP contribution is -2.49. The molecule has 0 radical (unpaired) electrons. The molecule has 18 heavy (non-hydrogen) atoms. The second-order valence-corrected chi connectivity index (χ2v) is 5.16. The Morgan fingerprint density at radius 1 is 1.44 bits per heavy atom. The van der Waals surface area contributed by atoms with Crippen LogP contribution >= 0.6 is 0 Å². The first-order chi connectivity index (χ1) is 8.60.